The summed E-state index contributed by atoms with van der Waals surface area (Å²) in [5.41, 5.74) is 0.936. The third-order valence-corrected chi connectivity index (χ3v) is 6.71. The molecule has 2 rings (SSSR count). The molecule has 0 heterocycles. The van der Waals surface area contributed by atoms with Crippen LogP contribution in [-0.2, 0) is 4.74 Å². The standard InChI is InChI=1S/C28H27ClF12O3/c1-2-3-4-5-6-16-43-21-13-11-19(12-14-21)18-7-9-20(10-8-18)22(42)44-17-15-23(30,31)24(32,33)25(34,35)26(36,37)27(38,39)28(29,40)41/h7-14H,2-6,15-17H2,1H3. The number of carbonyl (C=O) groups is 1. The minimum Gasteiger partial charge on any atom is -0.494 e. The van der Waals surface area contributed by atoms with Crippen LogP contribution in [0, 0.1) is 0 Å². The first-order valence-corrected chi connectivity index (χ1v) is 13.5. The molecule has 0 amide bonds. The molecule has 0 unspecified atom stereocenters. The van der Waals surface area contributed by atoms with E-state index in [2.05, 4.69) is 23.3 Å². The molecule has 248 valence electrons. The lowest BCUT2D eigenvalue weighted by molar-refractivity contribution is -0.417. The zero-order chi connectivity index (χ0) is 33.6. The number of benzene rings is 2. The highest BCUT2D eigenvalue weighted by Crippen LogP contribution is 2.61. The van der Waals surface area contributed by atoms with Crippen LogP contribution in [0.1, 0.15) is 55.8 Å². The van der Waals surface area contributed by atoms with E-state index in [0.717, 1.165) is 44.2 Å². The zero-order valence-electron chi connectivity index (χ0n) is 22.9. The summed E-state index contributed by atoms with van der Waals surface area (Å²) >= 11 is 3.65. The Kier molecular flexibility index (Phi) is 11.9. The van der Waals surface area contributed by atoms with Crippen molar-refractivity contribution >= 4 is 17.6 Å². The van der Waals surface area contributed by atoms with E-state index < -0.39 is 54.0 Å². The maximum absolute atomic E-state index is 13.9. The number of alkyl halides is 13. The van der Waals surface area contributed by atoms with Crippen LogP contribution in [0.15, 0.2) is 48.5 Å². The SMILES string of the molecule is CCCCCCCOc1ccc(-c2ccc(C(=O)OCCC(F)(F)C(F)(F)C(F)(F)C(F)(F)C(F)(F)C(F)(F)Cl)cc2)cc1. The molecule has 44 heavy (non-hydrogen) atoms. The minimum absolute atomic E-state index is 0.312. The van der Waals surface area contributed by atoms with Crippen LogP contribution in [0.5, 0.6) is 5.75 Å². The van der Waals surface area contributed by atoms with Gasteiger partial charge in [0.2, 0.25) is 0 Å². The fourth-order valence-electron chi connectivity index (χ4n) is 3.75. The molecule has 0 bridgehead atoms. The van der Waals surface area contributed by atoms with Crippen LogP contribution >= 0.6 is 11.6 Å². The van der Waals surface area contributed by atoms with Crippen LogP contribution in [0.2, 0.25) is 0 Å². The molecule has 2 aromatic rings. The topological polar surface area (TPSA) is 35.5 Å². The number of rotatable bonds is 17. The van der Waals surface area contributed by atoms with E-state index in [-0.39, 0.29) is 5.56 Å². The van der Waals surface area contributed by atoms with Gasteiger partial charge in [-0.2, -0.15) is 52.7 Å². The smallest absolute Gasteiger partial charge is 0.393 e. The van der Waals surface area contributed by atoms with Gasteiger partial charge in [-0.05, 0) is 53.4 Å². The van der Waals surface area contributed by atoms with Crippen molar-refractivity contribution in [2.24, 2.45) is 0 Å². The first-order chi connectivity index (χ1) is 20.1. The molecule has 3 nitrogen and oxygen atoms in total. The number of halogens is 13. The monoisotopic (exact) mass is 674 g/mol. The van der Waals surface area contributed by atoms with Crippen molar-refractivity contribution in [2.45, 2.75) is 80.4 Å². The number of ether oxygens (including phenoxy) is 2. The molecular formula is C28H27ClF12O3. The Morgan fingerprint density at radius 3 is 1.61 bits per heavy atom. The maximum Gasteiger partial charge on any atom is 0.393 e. The lowest BCUT2D eigenvalue weighted by Gasteiger charge is -2.40. The summed E-state index contributed by atoms with van der Waals surface area (Å²) < 4.78 is 171. The van der Waals surface area contributed by atoms with Gasteiger partial charge in [0.05, 0.1) is 25.2 Å². The van der Waals surface area contributed by atoms with Crippen molar-refractivity contribution in [1.29, 1.82) is 0 Å². The van der Waals surface area contributed by atoms with Gasteiger partial charge in [-0.1, -0.05) is 56.9 Å². The van der Waals surface area contributed by atoms with Crippen LogP contribution in [0.4, 0.5) is 52.7 Å². The Labute approximate surface area is 249 Å². The fraction of sp³-hybridized carbons (Fsp3) is 0.536. The van der Waals surface area contributed by atoms with Crippen LogP contribution in [0.3, 0.4) is 0 Å². The lowest BCUT2D eigenvalue weighted by Crippen LogP contribution is -2.70. The number of unbranched alkanes of at least 4 members (excludes halogenated alkanes) is 4. The average Bonchev–Trinajstić information content (AvgIpc) is 2.94. The van der Waals surface area contributed by atoms with E-state index >= 15 is 0 Å². The van der Waals surface area contributed by atoms with E-state index in [4.69, 9.17) is 4.74 Å². The molecule has 0 saturated heterocycles. The molecule has 0 radical (unpaired) electrons. The van der Waals surface area contributed by atoms with Crippen LogP contribution < -0.4 is 4.74 Å². The van der Waals surface area contributed by atoms with Crippen molar-refractivity contribution in [3.8, 4) is 16.9 Å². The van der Waals surface area contributed by atoms with Crippen molar-refractivity contribution in [1.82, 2.24) is 0 Å². The molecule has 2 aromatic carbocycles. The van der Waals surface area contributed by atoms with Gasteiger partial charge in [0, 0.05) is 0 Å². The van der Waals surface area contributed by atoms with Gasteiger partial charge < -0.3 is 9.47 Å². The summed E-state index contributed by atoms with van der Waals surface area (Å²) in [5, 5.41) is -6.51. The van der Waals surface area contributed by atoms with Gasteiger partial charge >= 0.3 is 41.0 Å². The predicted octanol–water partition coefficient (Wildman–Crippen LogP) is 10.3. The Balaban J connectivity index is 2.00. The molecule has 0 atom stereocenters. The molecule has 16 heteroatoms. The molecule has 0 fully saturated rings. The summed E-state index contributed by atoms with van der Waals surface area (Å²) in [6.07, 6.45) is 2.78. The van der Waals surface area contributed by atoms with E-state index in [0.29, 0.717) is 23.5 Å². The van der Waals surface area contributed by atoms with Gasteiger partial charge in [0.1, 0.15) is 5.75 Å². The second kappa shape index (κ2) is 14.1. The molecule has 0 aliphatic rings. The van der Waals surface area contributed by atoms with E-state index in [1.54, 1.807) is 24.3 Å². The van der Waals surface area contributed by atoms with Crippen molar-refractivity contribution < 1.29 is 67.0 Å². The Hall–Kier alpha value is -2.84. The van der Waals surface area contributed by atoms with Gasteiger partial charge in [0.25, 0.3) is 0 Å². The predicted molar refractivity (Wildman–Crippen MR) is 137 cm³/mol. The van der Waals surface area contributed by atoms with E-state index in [9.17, 15) is 57.5 Å². The molecule has 0 aliphatic heterocycles. The molecule has 0 aromatic heterocycles. The lowest BCUT2D eigenvalue weighted by atomic mass is 9.93. The first kappa shape index (κ1) is 37.3. The Bertz CT molecular complexity index is 1210. The van der Waals surface area contributed by atoms with Gasteiger partial charge in [-0.15, -0.1) is 0 Å². The average molecular weight is 675 g/mol. The van der Waals surface area contributed by atoms with Crippen LogP contribution in [-0.4, -0.2) is 54.2 Å². The summed E-state index contributed by atoms with van der Waals surface area (Å²) in [6, 6.07) is 11.9. The highest BCUT2D eigenvalue weighted by molar-refractivity contribution is 6.22. The molecular weight excluding hydrogens is 648 g/mol. The Morgan fingerprint density at radius 1 is 0.636 bits per heavy atom. The third-order valence-electron chi connectivity index (χ3n) is 6.47. The summed E-state index contributed by atoms with van der Waals surface area (Å²) in [7, 11) is 0. The Morgan fingerprint density at radius 2 is 1.11 bits per heavy atom. The van der Waals surface area contributed by atoms with Gasteiger partial charge in [-0.25, -0.2) is 4.79 Å². The number of hydrogen-bond acceptors (Lipinski definition) is 3. The fourth-order valence-corrected chi connectivity index (χ4v) is 3.87. The number of esters is 1. The molecule has 0 N–H and O–H groups in total. The molecule has 0 spiro atoms. The summed E-state index contributed by atoms with van der Waals surface area (Å²) in [5.74, 6) is -37.2. The van der Waals surface area contributed by atoms with Gasteiger partial charge in [0.15, 0.2) is 0 Å². The van der Waals surface area contributed by atoms with E-state index in [1.165, 1.54) is 12.1 Å². The summed E-state index contributed by atoms with van der Waals surface area (Å²) in [4.78, 5) is 12.1. The number of carbonyl (C=O) groups excluding carboxylic acids is 1. The highest BCUT2D eigenvalue weighted by atomic mass is 35.5. The second-order valence-corrected chi connectivity index (χ2v) is 10.2. The van der Waals surface area contributed by atoms with Crippen molar-refractivity contribution in [3.05, 3.63) is 54.1 Å². The molecule has 0 saturated carbocycles. The summed E-state index contributed by atoms with van der Waals surface area (Å²) in [6.45, 7) is 0.882. The quantitative estimate of drug-likeness (QED) is 0.0725. The normalized spacial score (nSPS) is 13.6. The van der Waals surface area contributed by atoms with E-state index in [1.807, 2.05) is 0 Å². The minimum atomic E-state index is -7.74. The molecule has 0 aliphatic carbocycles. The highest BCUT2D eigenvalue weighted by Gasteiger charge is 2.89. The largest absolute Gasteiger partial charge is 0.494 e. The number of hydrogen-bond donors (Lipinski definition) is 0. The third kappa shape index (κ3) is 7.86. The van der Waals surface area contributed by atoms with Gasteiger partial charge in [-0.3, -0.25) is 0 Å². The van der Waals surface area contributed by atoms with Crippen LogP contribution in [0.25, 0.3) is 11.1 Å². The first-order valence-electron chi connectivity index (χ1n) is 13.1. The zero-order valence-corrected chi connectivity index (χ0v) is 23.7. The maximum atomic E-state index is 13.9. The van der Waals surface area contributed by atoms with Crippen molar-refractivity contribution in [2.75, 3.05) is 13.2 Å². The second-order valence-electron chi connectivity index (χ2n) is 9.75. The van der Waals surface area contributed by atoms with Crippen molar-refractivity contribution in [3.63, 3.8) is 0 Å².